The van der Waals surface area contributed by atoms with E-state index in [1.54, 1.807) is 4.90 Å². The van der Waals surface area contributed by atoms with Crippen LogP contribution in [0.1, 0.15) is 125 Å². The molecule has 0 N–H and O–H groups in total. The molecule has 1 heterocycles. The third kappa shape index (κ3) is 11.4. The van der Waals surface area contributed by atoms with Crippen molar-refractivity contribution >= 4 is 6.09 Å². The van der Waals surface area contributed by atoms with Gasteiger partial charge in [-0.3, -0.25) is 4.90 Å². The molecule has 0 aromatic heterocycles. The first kappa shape index (κ1) is 27.0. The minimum atomic E-state index is -0.632. The van der Waals surface area contributed by atoms with Crippen LogP contribution in [0.15, 0.2) is 12.2 Å². The van der Waals surface area contributed by atoms with Crippen LogP contribution in [-0.2, 0) is 9.47 Å². The highest BCUT2D eigenvalue weighted by atomic mass is 16.6. The summed E-state index contributed by atoms with van der Waals surface area (Å²) >= 11 is 0. The number of allylic oxidation sites excluding steroid dienone is 1. The van der Waals surface area contributed by atoms with Crippen LogP contribution in [0.5, 0.6) is 0 Å². The Bertz CT molecular complexity index is 493. The van der Waals surface area contributed by atoms with Crippen molar-refractivity contribution in [1.29, 1.82) is 0 Å². The molecular weight excluding hydrogens is 374 g/mol. The molecule has 0 aromatic carbocycles. The minimum Gasteiger partial charge on any atom is -0.444 e. The van der Waals surface area contributed by atoms with Gasteiger partial charge in [-0.25, -0.2) is 4.79 Å². The average Bonchev–Trinajstić information content (AvgIpc) is 2.95. The summed E-state index contributed by atoms with van der Waals surface area (Å²) < 4.78 is 11.4. The molecule has 0 bridgehead atoms. The molecule has 0 saturated carbocycles. The molecule has 1 rings (SSSR count). The van der Waals surface area contributed by atoms with Crippen molar-refractivity contribution in [3.05, 3.63) is 12.2 Å². The minimum absolute atomic E-state index is 0.0489. The fourth-order valence-electron chi connectivity index (χ4n) is 4.00. The van der Waals surface area contributed by atoms with E-state index >= 15 is 0 Å². The van der Waals surface area contributed by atoms with Crippen LogP contribution in [-0.4, -0.2) is 35.0 Å². The number of ether oxygens (including phenoxy) is 2. The van der Waals surface area contributed by atoms with Crippen LogP contribution in [0, 0.1) is 0 Å². The van der Waals surface area contributed by atoms with Gasteiger partial charge in [0.15, 0.2) is 0 Å². The molecule has 4 heteroatoms. The molecule has 176 valence electrons. The van der Waals surface area contributed by atoms with Gasteiger partial charge in [0.1, 0.15) is 11.3 Å². The maximum atomic E-state index is 12.6. The predicted octanol–water partition coefficient (Wildman–Crippen LogP) is 8.01. The standard InChI is InChI=1S/C26H49NO3/c1-7-8-9-10-11-12-13-14-15-16-17-18-19-20-21-23-22-29-26(5,6)27(23)24(28)30-25(2,3)4/h20-21,23H,7-19,22H2,1-6H3/b21-20+. The number of nitrogens with zero attached hydrogens (tertiary/aromatic N) is 1. The van der Waals surface area contributed by atoms with Crippen molar-refractivity contribution in [1.82, 2.24) is 4.90 Å². The molecule has 1 amide bonds. The third-order valence-corrected chi connectivity index (χ3v) is 5.69. The predicted molar refractivity (Wildman–Crippen MR) is 127 cm³/mol. The number of carbonyl (C=O) groups is 1. The van der Waals surface area contributed by atoms with Crippen molar-refractivity contribution in [3.8, 4) is 0 Å². The van der Waals surface area contributed by atoms with Gasteiger partial charge in [0, 0.05) is 0 Å². The highest BCUT2D eigenvalue weighted by molar-refractivity contribution is 5.70. The first-order chi connectivity index (χ1) is 14.2. The van der Waals surface area contributed by atoms with Gasteiger partial charge in [-0.15, -0.1) is 0 Å². The van der Waals surface area contributed by atoms with E-state index in [9.17, 15) is 4.79 Å². The van der Waals surface area contributed by atoms with Gasteiger partial charge in [-0.2, -0.15) is 0 Å². The Kier molecular flexibility index (Phi) is 12.7. The second kappa shape index (κ2) is 14.1. The molecule has 4 nitrogen and oxygen atoms in total. The molecule has 1 aliphatic rings. The van der Waals surface area contributed by atoms with Crippen LogP contribution < -0.4 is 0 Å². The lowest BCUT2D eigenvalue weighted by Crippen LogP contribution is -2.49. The van der Waals surface area contributed by atoms with Gasteiger partial charge in [0.25, 0.3) is 0 Å². The summed E-state index contributed by atoms with van der Waals surface area (Å²) in [7, 11) is 0. The highest BCUT2D eigenvalue weighted by Gasteiger charge is 2.44. The number of hydrogen-bond donors (Lipinski definition) is 0. The van der Waals surface area contributed by atoms with E-state index in [4.69, 9.17) is 9.47 Å². The maximum Gasteiger partial charge on any atom is 0.413 e. The second-order valence-corrected chi connectivity index (χ2v) is 10.3. The number of hydrogen-bond acceptors (Lipinski definition) is 3. The van der Waals surface area contributed by atoms with Gasteiger partial charge in [-0.05, 0) is 47.5 Å². The van der Waals surface area contributed by atoms with E-state index < -0.39 is 11.3 Å². The number of carbonyl (C=O) groups excluding carboxylic acids is 1. The van der Waals surface area contributed by atoms with Gasteiger partial charge >= 0.3 is 6.09 Å². The Balaban J connectivity index is 2.16. The smallest absolute Gasteiger partial charge is 0.413 e. The highest BCUT2D eigenvalue weighted by Crippen LogP contribution is 2.30. The summed E-state index contributed by atoms with van der Waals surface area (Å²) in [6.07, 6.45) is 21.5. The molecule has 30 heavy (non-hydrogen) atoms. The molecular formula is C26H49NO3. The van der Waals surface area contributed by atoms with Crippen LogP contribution in [0.2, 0.25) is 0 Å². The summed E-state index contributed by atoms with van der Waals surface area (Å²) in [5.41, 5.74) is -1.13. The van der Waals surface area contributed by atoms with Crippen LogP contribution in [0.3, 0.4) is 0 Å². The lowest BCUT2D eigenvalue weighted by atomic mass is 10.0. The summed E-state index contributed by atoms with van der Waals surface area (Å²) in [6, 6.07) is -0.0489. The summed E-state index contributed by atoms with van der Waals surface area (Å²) in [6.45, 7) is 12.3. The van der Waals surface area contributed by atoms with E-state index in [1.165, 1.54) is 77.0 Å². The van der Waals surface area contributed by atoms with Gasteiger partial charge in [0.05, 0.1) is 12.6 Å². The van der Waals surface area contributed by atoms with E-state index in [2.05, 4.69) is 19.1 Å². The van der Waals surface area contributed by atoms with Crippen molar-refractivity contribution < 1.29 is 14.3 Å². The van der Waals surface area contributed by atoms with Crippen LogP contribution in [0.25, 0.3) is 0 Å². The first-order valence-electron chi connectivity index (χ1n) is 12.5. The van der Waals surface area contributed by atoms with Crippen molar-refractivity contribution in [2.45, 2.75) is 142 Å². The Hall–Kier alpha value is -1.03. The Morgan fingerprint density at radius 2 is 1.47 bits per heavy atom. The summed E-state index contributed by atoms with van der Waals surface area (Å²) in [5, 5.41) is 0. The molecule has 0 radical (unpaired) electrons. The Morgan fingerprint density at radius 3 is 1.97 bits per heavy atom. The molecule has 1 unspecified atom stereocenters. The molecule has 1 aliphatic heterocycles. The van der Waals surface area contributed by atoms with E-state index in [0.29, 0.717) is 6.61 Å². The number of amides is 1. The zero-order valence-electron chi connectivity index (χ0n) is 20.8. The summed E-state index contributed by atoms with van der Waals surface area (Å²) in [4.78, 5) is 14.4. The largest absolute Gasteiger partial charge is 0.444 e. The van der Waals surface area contributed by atoms with E-state index in [1.807, 2.05) is 34.6 Å². The molecule has 0 aromatic rings. The molecule has 1 saturated heterocycles. The Labute approximate surface area is 186 Å². The van der Waals surface area contributed by atoms with Crippen molar-refractivity contribution in [2.24, 2.45) is 0 Å². The van der Waals surface area contributed by atoms with Gasteiger partial charge < -0.3 is 9.47 Å². The quantitative estimate of drug-likeness (QED) is 0.210. The second-order valence-electron chi connectivity index (χ2n) is 10.3. The average molecular weight is 424 g/mol. The fraction of sp³-hybridized carbons (Fsp3) is 0.885. The molecule has 0 aliphatic carbocycles. The molecule has 1 fully saturated rings. The van der Waals surface area contributed by atoms with E-state index in [-0.39, 0.29) is 12.1 Å². The zero-order valence-corrected chi connectivity index (χ0v) is 20.8. The zero-order chi connectivity index (χ0) is 22.5. The fourth-order valence-corrected chi connectivity index (χ4v) is 4.00. The van der Waals surface area contributed by atoms with Gasteiger partial charge in [0.2, 0.25) is 0 Å². The SMILES string of the molecule is CCCCCCCCCCCCCC/C=C/C1COC(C)(C)N1C(=O)OC(C)(C)C. The lowest BCUT2D eigenvalue weighted by Gasteiger charge is -2.34. The first-order valence-corrected chi connectivity index (χ1v) is 12.5. The third-order valence-electron chi connectivity index (χ3n) is 5.69. The van der Waals surface area contributed by atoms with E-state index in [0.717, 1.165) is 6.42 Å². The molecule has 1 atom stereocenters. The normalized spacial score (nSPS) is 19.0. The van der Waals surface area contributed by atoms with Crippen molar-refractivity contribution in [3.63, 3.8) is 0 Å². The Morgan fingerprint density at radius 1 is 0.967 bits per heavy atom. The monoisotopic (exact) mass is 423 g/mol. The van der Waals surface area contributed by atoms with Crippen molar-refractivity contribution in [2.75, 3.05) is 6.61 Å². The topological polar surface area (TPSA) is 38.8 Å². The van der Waals surface area contributed by atoms with Crippen LogP contribution >= 0.6 is 0 Å². The number of unbranched alkanes of at least 4 members (excludes halogenated alkanes) is 12. The van der Waals surface area contributed by atoms with Crippen LogP contribution in [0.4, 0.5) is 4.79 Å². The van der Waals surface area contributed by atoms with Gasteiger partial charge in [-0.1, -0.05) is 89.7 Å². The number of rotatable bonds is 14. The maximum absolute atomic E-state index is 12.6. The summed E-state index contributed by atoms with van der Waals surface area (Å²) in [5.74, 6) is 0. The lowest BCUT2D eigenvalue weighted by molar-refractivity contribution is -0.0610. The molecule has 0 spiro atoms.